The Morgan fingerprint density at radius 2 is 2.36 bits per heavy atom. The molecule has 2 rings (SSSR count). The second-order valence-electron chi connectivity index (χ2n) is 2.05. The van der Waals surface area contributed by atoms with Gasteiger partial charge in [-0.1, -0.05) is 0 Å². The minimum Gasteiger partial charge on any atom is -0.284 e. The highest BCUT2D eigenvalue weighted by Crippen LogP contribution is 2.10. The highest BCUT2D eigenvalue weighted by molar-refractivity contribution is 7.89. The first-order valence-corrected chi connectivity index (χ1v) is 4.41. The molecular weight excluding hydrogens is 166 g/mol. The molecule has 58 valence electrons. The molecule has 0 aliphatic carbocycles. The van der Waals surface area contributed by atoms with Crippen LogP contribution in [0.5, 0.6) is 0 Å². The fraction of sp³-hybridized carbons (Fsp3) is 0. The Morgan fingerprint density at radius 3 is 3.09 bits per heavy atom. The van der Waals surface area contributed by atoms with E-state index in [1.807, 2.05) is 0 Å². The van der Waals surface area contributed by atoms with E-state index >= 15 is 0 Å². The van der Waals surface area contributed by atoms with Crippen LogP contribution in [0.15, 0.2) is 23.5 Å². The number of nitrogens with zero attached hydrogens (tertiary/aromatic N) is 2. The Morgan fingerprint density at radius 1 is 1.55 bits per heavy atom. The number of aromatic nitrogens is 2. The van der Waals surface area contributed by atoms with Crippen LogP contribution in [0.1, 0.15) is 0 Å². The lowest BCUT2D eigenvalue weighted by Crippen LogP contribution is -2.24. The van der Waals surface area contributed by atoms with Crippen molar-refractivity contribution in [3.05, 3.63) is 18.5 Å². The van der Waals surface area contributed by atoms with Gasteiger partial charge in [-0.3, -0.25) is 4.72 Å². The zero-order valence-corrected chi connectivity index (χ0v) is 6.25. The van der Waals surface area contributed by atoms with Crippen LogP contribution >= 0.6 is 0 Å². The summed E-state index contributed by atoms with van der Waals surface area (Å²) < 4.78 is 25.8. The molecule has 0 saturated carbocycles. The van der Waals surface area contributed by atoms with Crippen LogP contribution < -0.4 is 4.72 Å². The summed E-state index contributed by atoms with van der Waals surface area (Å²) in [6.45, 7) is 0. The molecule has 1 aliphatic rings. The van der Waals surface area contributed by atoms with E-state index in [4.69, 9.17) is 0 Å². The van der Waals surface area contributed by atoms with Crippen LogP contribution in [0, 0.1) is 0 Å². The predicted octanol–water partition coefficient (Wildman–Crippen LogP) is -0.397. The topological polar surface area (TPSA) is 64.0 Å². The average Bonchev–Trinajstić information content (AvgIpc) is 2.34. The van der Waals surface area contributed by atoms with Gasteiger partial charge in [-0.25, -0.2) is 4.68 Å². The van der Waals surface area contributed by atoms with E-state index in [1.54, 1.807) is 0 Å². The molecule has 0 aromatic carbocycles. The van der Waals surface area contributed by atoms with Crippen molar-refractivity contribution in [2.45, 2.75) is 5.03 Å². The van der Waals surface area contributed by atoms with E-state index in [1.165, 1.54) is 29.3 Å². The lowest BCUT2D eigenvalue weighted by atomic mass is 10.7. The van der Waals surface area contributed by atoms with E-state index < -0.39 is 10.0 Å². The van der Waals surface area contributed by atoms with E-state index in [0.717, 1.165) is 0 Å². The molecule has 2 heterocycles. The molecule has 0 bridgehead atoms. The molecule has 0 unspecified atom stereocenters. The van der Waals surface area contributed by atoms with Gasteiger partial charge in [0.25, 0.3) is 10.0 Å². The van der Waals surface area contributed by atoms with E-state index in [9.17, 15) is 8.42 Å². The van der Waals surface area contributed by atoms with Crippen molar-refractivity contribution in [1.29, 1.82) is 0 Å². The molecule has 1 N–H and O–H groups in total. The van der Waals surface area contributed by atoms with Crippen molar-refractivity contribution in [1.82, 2.24) is 14.5 Å². The van der Waals surface area contributed by atoms with Gasteiger partial charge in [-0.2, -0.15) is 13.5 Å². The number of fused-ring (bicyclic) bond motifs is 1. The Kier molecular flexibility index (Phi) is 1.08. The third-order valence-corrected chi connectivity index (χ3v) is 2.67. The normalized spacial score (nSPS) is 18.9. The Labute approximate surface area is 63.4 Å². The third-order valence-electron chi connectivity index (χ3n) is 1.35. The maximum atomic E-state index is 11.1. The first-order chi connectivity index (χ1) is 5.20. The second-order valence-corrected chi connectivity index (χ2v) is 3.71. The minimum atomic E-state index is -3.34. The molecule has 0 saturated heterocycles. The van der Waals surface area contributed by atoms with Gasteiger partial charge in [0.05, 0.1) is 6.20 Å². The molecule has 11 heavy (non-hydrogen) atoms. The summed E-state index contributed by atoms with van der Waals surface area (Å²) in [7, 11) is -3.34. The van der Waals surface area contributed by atoms with Gasteiger partial charge in [0.2, 0.25) is 0 Å². The van der Waals surface area contributed by atoms with Crippen LogP contribution in [0.25, 0.3) is 6.20 Å². The standard InChI is InChI=1S/C5H5N3O2S/c9-11(10)5-1-2-6-8(5)4-3-7-11/h1-4,7H. The summed E-state index contributed by atoms with van der Waals surface area (Å²) in [5, 5.41) is 3.93. The quantitative estimate of drug-likeness (QED) is 0.577. The molecule has 0 spiro atoms. The second kappa shape index (κ2) is 1.85. The van der Waals surface area contributed by atoms with E-state index in [2.05, 4.69) is 9.82 Å². The number of hydrogen-bond acceptors (Lipinski definition) is 3. The monoisotopic (exact) mass is 171 g/mol. The summed E-state index contributed by atoms with van der Waals surface area (Å²) in [4.78, 5) is 0. The highest BCUT2D eigenvalue weighted by Gasteiger charge is 2.19. The minimum absolute atomic E-state index is 0.167. The van der Waals surface area contributed by atoms with Crippen molar-refractivity contribution in [3.8, 4) is 0 Å². The Balaban J connectivity index is 2.77. The van der Waals surface area contributed by atoms with E-state index in [-0.39, 0.29) is 5.03 Å². The van der Waals surface area contributed by atoms with Crippen LogP contribution in [0.3, 0.4) is 0 Å². The van der Waals surface area contributed by atoms with Crippen molar-refractivity contribution in [3.63, 3.8) is 0 Å². The first-order valence-electron chi connectivity index (χ1n) is 2.93. The van der Waals surface area contributed by atoms with Gasteiger partial charge in [-0.05, 0) is 6.07 Å². The highest BCUT2D eigenvalue weighted by atomic mass is 32.2. The summed E-state index contributed by atoms with van der Waals surface area (Å²) in [5.74, 6) is 0. The number of rotatable bonds is 0. The zero-order chi connectivity index (χ0) is 7.90. The van der Waals surface area contributed by atoms with Gasteiger partial charge in [0.1, 0.15) is 0 Å². The van der Waals surface area contributed by atoms with Gasteiger partial charge < -0.3 is 0 Å². The first kappa shape index (κ1) is 6.41. The number of nitrogens with one attached hydrogen (secondary N) is 1. The van der Waals surface area contributed by atoms with Gasteiger partial charge in [-0.15, -0.1) is 0 Å². The molecule has 0 amide bonds. The molecule has 6 heteroatoms. The molecule has 0 radical (unpaired) electrons. The van der Waals surface area contributed by atoms with Crippen LogP contribution in [0.2, 0.25) is 0 Å². The van der Waals surface area contributed by atoms with E-state index in [0.29, 0.717) is 0 Å². The van der Waals surface area contributed by atoms with Crippen LogP contribution in [0.4, 0.5) is 0 Å². The van der Waals surface area contributed by atoms with Gasteiger partial charge >= 0.3 is 0 Å². The fourth-order valence-electron chi connectivity index (χ4n) is 0.878. The molecule has 1 aliphatic heterocycles. The molecule has 0 fully saturated rings. The zero-order valence-electron chi connectivity index (χ0n) is 5.43. The number of sulfonamides is 1. The van der Waals surface area contributed by atoms with Crippen molar-refractivity contribution < 1.29 is 8.42 Å². The largest absolute Gasteiger partial charge is 0.284 e. The lowest BCUT2D eigenvalue weighted by Gasteiger charge is -2.08. The summed E-state index contributed by atoms with van der Waals surface area (Å²) in [6.07, 6.45) is 4.30. The van der Waals surface area contributed by atoms with Gasteiger partial charge in [0, 0.05) is 12.4 Å². The summed E-state index contributed by atoms with van der Waals surface area (Å²) in [6, 6.07) is 1.44. The summed E-state index contributed by atoms with van der Waals surface area (Å²) in [5.41, 5.74) is 0. The maximum Gasteiger partial charge on any atom is 0.279 e. The van der Waals surface area contributed by atoms with Crippen molar-refractivity contribution in [2.24, 2.45) is 0 Å². The van der Waals surface area contributed by atoms with Crippen molar-refractivity contribution in [2.75, 3.05) is 0 Å². The molecule has 5 nitrogen and oxygen atoms in total. The Hall–Kier alpha value is -1.30. The smallest absolute Gasteiger partial charge is 0.279 e. The maximum absolute atomic E-state index is 11.1. The lowest BCUT2D eigenvalue weighted by molar-refractivity contribution is 0.579. The van der Waals surface area contributed by atoms with Crippen LogP contribution in [-0.2, 0) is 10.0 Å². The summed E-state index contributed by atoms with van der Waals surface area (Å²) >= 11 is 0. The number of hydrogen-bond donors (Lipinski definition) is 1. The molecule has 0 atom stereocenters. The van der Waals surface area contributed by atoms with Gasteiger partial charge in [0.15, 0.2) is 5.03 Å². The molecular formula is C5H5N3O2S. The SMILES string of the molecule is O=S1(=O)NC=Cn2nccc21. The third kappa shape index (κ3) is 0.829. The average molecular weight is 171 g/mol. The Bertz CT molecular complexity index is 403. The van der Waals surface area contributed by atoms with Crippen molar-refractivity contribution >= 4 is 16.2 Å². The molecule has 1 aromatic rings. The fourth-order valence-corrected chi connectivity index (χ4v) is 1.83. The predicted molar refractivity (Wildman–Crippen MR) is 37.9 cm³/mol. The molecule has 1 aromatic heterocycles. The van der Waals surface area contributed by atoms with Crippen LogP contribution in [-0.4, -0.2) is 18.2 Å².